The van der Waals surface area contributed by atoms with Crippen molar-refractivity contribution in [1.29, 1.82) is 0 Å². The molecular weight excluding hydrogens is 236 g/mol. The third-order valence-electron chi connectivity index (χ3n) is 2.78. The SMILES string of the molecule is CSC(CO)C(C)Nc1nccc2occc12. The Kier molecular flexibility index (Phi) is 3.91. The van der Waals surface area contributed by atoms with E-state index in [0.717, 1.165) is 16.8 Å². The van der Waals surface area contributed by atoms with Crippen LogP contribution < -0.4 is 5.32 Å². The number of hydrogen-bond acceptors (Lipinski definition) is 5. The van der Waals surface area contributed by atoms with Crippen molar-refractivity contribution in [3.05, 3.63) is 24.6 Å². The summed E-state index contributed by atoms with van der Waals surface area (Å²) in [5, 5.41) is 13.7. The summed E-state index contributed by atoms with van der Waals surface area (Å²) >= 11 is 1.64. The van der Waals surface area contributed by atoms with Gasteiger partial charge in [-0.1, -0.05) is 0 Å². The van der Waals surface area contributed by atoms with Crippen LogP contribution in [-0.4, -0.2) is 34.2 Å². The molecule has 0 amide bonds. The highest BCUT2D eigenvalue weighted by molar-refractivity contribution is 7.99. The Bertz CT molecular complexity index is 482. The molecule has 0 radical (unpaired) electrons. The van der Waals surface area contributed by atoms with Gasteiger partial charge in [0.2, 0.25) is 0 Å². The van der Waals surface area contributed by atoms with Crippen molar-refractivity contribution in [3.8, 4) is 0 Å². The average Bonchev–Trinajstić information content (AvgIpc) is 2.80. The monoisotopic (exact) mass is 252 g/mol. The molecule has 2 aromatic heterocycles. The van der Waals surface area contributed by atoms with Crippen LogP contribution >= 0.6 is 11.8 Å². The highest BCUT2D eigenvalue weighted by Gasteiger charge is 2.16. The van der Waals surface area contributed by atoms with Crippen LogP contribution in [-0.2, 0) is 0 Å². The Morgan fingerprint density at radius 3 is 3.06 bits per heavy atom. The van der Waals surface area contributed by atoms with Crippen LogP contribution in [0.2, 0.25) is 0 Å². The molecule has 2 rings (SSSR count). The van der Waals surface area contributed by atoms with E-state index in [9.17, 15) is 5.11 Å². The van der Waals surface area contributed by atoms with E-state index in [2.05, 4.69) is 10.3 Å². The third-order valence-corrected chi connectivity index (χ3v) is 3.95. The molecule has 0 spiro atoms. The van der Waals surface area contributed by atoms with Crippen molar-refractivity contribution >= 4 is 28.5 Å². The first-order valence-corrected chi connectivity index (χ1v) is 6.77. The highest BCUT2D eigenvalue weighted by atomic mass is 32.2. The van der Waals surface area contributed by atoms with E-state index in [1.54, 1.807) is 24.2 Å². The number of hydrogen-bond donors (Lipinski definition) is 2. The van der Waals surface area contributed by atoms with Crippen molar-refractivity contribution in [2.24, 2.45) is 0 Å². The maximum atomic E-state index is 9.25. The van der Waals surface area contributed by atoms with Gasteiger partial charge in [0.15, 0.2) is 0 Å². The van der Waals surface area contributed by atoms with E-state index in [1.165, 1.54) is 0 Å². The maximum absolute atomic E-state index is 9.25. The van der Waals surface area contributed by atoms with Gasteiger partial charge in [-0.15, -0.1) is 0 Å². The second-order valence-corrected chi connectivity index (χ2v) is 4.96. The van der Waals surface area contributed by atoms with Crippen molar-refractivity contribution in [2.75, 3.05) is 18.2 Å². The van der Waals surface area contributed by atoms with E-state index in [4.69, 9.17) is 4.42 Å². The topological polar surface area (TPSA) is 58.3 Å². The van der Waals surface area contributed by atoms with Crippen LogP contribution in [0.25, 0.3) is 11.0 Å². The fourth-order valence-electron chi connectivity index (χ4n) is 1.76. The second kappa shape index (κ2) is 5.42. The molecule has 0 fully saturated rings. The molecule has 5 heteroatoms. The first-order chi connectivity index (χ1) is 8.26. The summed E-state index contributed by atoms with van der Waals surface area (Å²) in [5.41, 5.74) is 0.819. The Balaban J connectivity index is 2.20. The number of aliphatic hydroxyl groups excluding tert-OH is 1. The van der Waals surface area contributed by atoms with Crippen molar-refractivity contribution in [3.63, 3.8) is 0 Å². The number of thioether (sulfide) groups is 1. The minimum absolute atomic E-state index is 0.142. The molecule has 2 aromatic rings. The van der Waals surface area contributed by atoms with E-state index >= 15 is 0 Å². The summed E-state index contributed by atoms with van der Waals surface area (Å²) in [6, 6.07) is 3.87. The van der Waals surface area contributed by atoms with Crippen LogP contribution in [0, 0.1) is 0 Å². The standard InChI is InChI=1S/C12H16N2O2S/c1-8(11(7-15)17-2)14-12-9-4-6-16-10(9)3-5-13-12/h3-6,8,11,15H,7H2,1-2H3,(H,13,14). The van der Waals surface area contributed by atoms with Crippen LogP contribution in [0.1, 0.15) is 6.92 Å². The molecule has 0 saturated heterocycles. The van der Waals surface area contributed by atoms with E-state index in [-0.39, 0.29) is 17.9 Å². The molecule has 2 atom stereocenters. The van der Waals surface area contributed by atoms with Crippen LogP contribution in [0.3, 0.4) is 0 Å². The number of nitrogens with one attached hydrogen (secondary N) is 1. The Morgan fingerprint density at radius 2 is 2.35 bits per heavy atom. The van der Waals surface area contributed by atoms with Gasteiger partial charge in [0.25, 0.3) is 0 Å². The minimum atomic E-state index is 0.142. The lowest BCUT2D eigenvalue weighted by molar-refractivity contribution is 0.288. The zero-order chi connectivity index (χ0) is 12.3. The first kappa shape index (κ1) is 12.3. The summed E-state index contributed by atoms with van der Waals surface area (Å²) < 4.78 is 5.32. The molecule has 0 bridgehead atoms. The van der Waals surface area contributed by atoms with Crippen LogP contribution in [0.4, 0.5) is 5.82 Å². The summed E-state index contributed by atoms with van der Waals surface area (Å²) in [5.74, 6) is 0.802. The molecule has 0 aliphatic rings. The molecule has 4 nitrogen and oxygen atoms in total. The van der Waals surface area contributed by atoms with Gasteiger partial charge in [0, 0.05) is 17.5 Å². The molecule has 2 heterocycles. The molecule has 0 aromatic carbocycles. The quantitative estimate of drug-likeness (QED) is 0.855. The molecule has 2 N–H and O–H groups in total. The zero-order valence-corrected chi connectivity index (χ0v) is 10.7. The summed E-state index contributed by atoms with van der Waals surface area (Å²) in [6.07, 6.45) is 5.36. The normalized spacial score (nSPS) is 14.8. The maximum Gasteiger partial charge on any atom is 0.139 e. The smallest absolute Gasteiger partial charge is 0.139 e. The van der Waals surface area contributed by atoms with Crippen LogP contribution in [0.15, 0.2) is 29.0 Å². The zero-order valence-electron chi connectivity index (χ0n) is 9.88. The number of fused-ring (bicyclic) bond motifs is 1. The Morgan fingerprint density at radius 1 is 1.53 bits per heavy atom. The van der Waals surface area contributed by atoms with Crippen molar-refractivity contribution in [2.45, 2.75) is 18.2 Å². The predicted octanol–water partition coefficient (Wildman–Crippen LogP) is 2.35. The number of anilines is 1. The molecule has 17 heavy (non-hydrogen) atoms. The van der Waals surface area contributed by atoms with Crippen molar-refractivity contribution < 1.29 is 9.52 Å². The summed E-state index contributed by atoms with van der Waals surface area (Å²) in [4.78, 5) is 4.31. The Hall–Kier alpha value is -1.20. The molecule has 0 aliphatic heterocycles. The minimum Gasteiger partial charge on any atom is -0.464 e. The van der Waals surface area contributed by atoms with Gasteiger partial charge in [-0.25, -0.2) is 4.98 Å². The summed E-state index contributed by atoms with van der Waals surface area (Å²) in [7, 11) is 0. The van der Waals surface area contributed by atoms with E-state index in [1.807, 2.05) is 25.3 Å². The number of rotatable bonds is 5. The van der Waals surface area contributed by atoms with Crippen molar-refractivity contribution in [1.82, 2.24) is 4.98 Å². The van der Waals surface area contributed by atoms with E-state index in [0.29, 0.717) is 0 Å². The lowest BCUT2D eigenvalue weighted by atomic mass is 10.2. The third kappa shape index (κ3) is 2.56. The predicted molar refractivity (Wildman–Crippen MR) is 71.5 cm³/mol. The number of nitrogens with zero attached hydrogens (tertiary/aromatic N) is 1. The van der Waals surface area contributed by atoms with Gasteiger partial charge in [-0.3, -0.25) is 0 Å². The second-order valence-electron chi connectivity index (χ2n) is 3.88. The molecular formula is C12H16N2O2S. The fourth-order valence-corrected chi connectivity index (χ4v) is 2.38. The lowest BCUT2D eigenvalue weighted by Crippen LogP contribution is -2.31. The number of furan rings is 1. The van der Waals surface area contributed by atoms with Gasteiger partial charge >= 0.3 is 0 Å². The van der Waals surface area contributed by atoms with Gasteiger partial charge in [0.1, 0.15) is 11.4 Å². The molecule has 0 saturated carbocycles. The average molecular weight is 252 g/mol. The number of aromatic nitrogens is 1. The number of aliphatic hydroxyl groups is 1. The van der Waals surface area contributed by atoms with Gasteiger partial charge in [-0.05, 0) is 25.3 Å². The molecule has 2 unspecified atom stereocenters. The highest BCUT2D eigenvalue weighted by Crippen LogP contribution is 2.23. The van der Waals surface area contributed by atoms with Gasteiger partial charge < -0.3 is 14.8 Å². The van der Waals surface area contributed by atoms with Crippen LogP contribution in [0.5, 0.6) is 0 Å². The Labute approximate surface area is 104 Å². The summed E-state index contributed by atoms with van der Waals surface area (Å²) in [6.45, 7) is 2.19. The first-order valence-electron chi connectivity index (χ1n) is 5.48. The number of pyridine rings is 1. The van der Waals surface area contributed by atoms with Gasteiger partial charge in [-0.2, -0.15) is 11.8 Å². The largest absolute Gasteiger partial charge is 0.464 e. The molecule has 0 aliphatic carbocycles. The van der Waals surface area contributed by atoms with Gasteiger partial charge in [0.05, 0.1) is 18.3 Å². The van der Waals surface area contributed by atoms with E-state index < -0.39 is 0 Å². The fraction of sp³-hybridized carbons (Fsp3) is 0.417. The lowest BCUT2D eigenvalue weighted by Gasteiger charge is -2.21. The molecule has 92 valence electrons.